The Morgan fingerprint density at radius 3 is 2.95 bits per heavy atom. The van der Waals surface area contributed by atoms with Crippen LogP contribution in [0.3, 0.4) is 0 Å². The van der Waals surface area contributed by atoms with Crippen LogP contribution in [0, 0.1) is 6.92 Å². The Bertz CT molecular complexity index is 487. The first-order valence-electron chi connectivity index (χ1n) is 8.28. The summed E-state index contributed by atoms with van der Waals surface area (Å²) < 4.78 is 0. The average Bonchev–Trinajstić information content (AvgIpc) is 2.91. The number of aryl methyl sites for hydroxylation is 1. The van der Waals surface area contributed by atoms with Crippen LogP contribution in [0.5, 0.6) is 0 Å². The van der Waals surface area contributed by atoms with E-state index in [0.717, 1.165) is 45.4 Å². The molecular weight excluding hydrogens is 274 g/mol. The second kappa shape index (κ2) is 8.30. The van der Waals surface area contributed by atoms with Crippen LogP contribution in [0.15, 0.2) is 24.3 Å². The summed E-state index contributed by atoms with van der Waals surface area (Å²) in [6, 6.07) is 8.61. The quantitative estimate of drug-likeness (QED) is 0.783. The SMILES string of the molecule is Cc1cccc(CN2CCCC2C(=O)NCCCN(C)C)c1. The van der Waals surface area contributed by atoms with Crippen LogP contribution in [0.1, 0.15) is 30.4 Å². The average molecular weight is 303 g/mol. The van der Waals surface area contributed by atoms with E-state index in [4.69, 9.17) is 0 Å². The molecular formula is C18H29N3O. The maximum atomic E-state index is 12.4. The Balaban J connectivity index is 1.83. The summed E-state index contributed by atoms with van der Waals surface area (Å²) in [7, 11) is 4.12. The Labute approximate surface area is 134 Å². The maximum absolute atomic E-state index is 12.4. The highest BCUT2D eigenvalue weighted by Gasteiger charge is 2.30. The second-order valence-electron chi connectivity index (χ2n) is 6.57. The predicted octanol–water partition coefficient (Wildman–Crippen LogP) is 2.03. The van der Waals surface area contributed by atoms with Gasteiger partial charge in [0.15, 0.2) is 0 Å². The molecule has 2 rings (SSSR count). The van der Waals surface area contributed by atoms with Crippen LogP contribution < -0.4 is 5.32 Å². The maximum Gasteiger partial charge on any atom is 0.237 e. The predicted molar refractivity (Wildman–Crippen MR) is 90.8 cm³/mol. The van der Waals surface area contributed by atoms with E-state index in [0.29, 0.717) is 0 Å². The minimum absolute atomic E-state index is 0.0415. The molecule has 122 valence electrons. The van der Waals surface area contributed by atoms with Crippen LogP contribution in [-0.2, 0) is 11.3 Å². The lowest BCUT2D eigenvalue weighted by Gasteiger charge is -2.24. The number of hydrogen-bond donors (Lipinski definition) is 1. The lowest BCUT2D eigenvalue weighted by molar-refractivity contribution is -0.125. The Kier molecular flexibility index (Phi) is 6.40. The normalized spacial score (nSPS) is 18.8. The van der Waals surface area contributed by atoms with Crippen molar-refractivity contribution in [3.8, 4) is 0 Å². The molecule has 1 atom stereocenters. The molecule has 1 aliphatic heterocycles. The monoisotopic (exact) mass is 303 g/mol. The van der Waals surface area contributed by atoms with E-state index in [1.54, 1.807) is 0 Å². The first kappa shape index (κ1) is 17.0. The number of rotatable bonds is 7. The van der Waals surface area contributed by atoms with E-state index in [-0.39, 0.29) is 11.9 Å². The van der Waals surface area contributed by atoms with Gasteiger partial charge in [0.2, 0.25) is 5.91 Å². The van der Waals surface area contributed by atoms with Crippen molar-refractivity contribution in [1.82, 2.24) is 15.1 Å². The minimum Gasteiger partial charge on any atom is -0.355 e. The highest BCUT2D eigenvalue weighted by Crippen LogP contribution is 2.20. The zero-order valence-electron chi connectivity index (χ0n) is 14.1. The standard InChI is InChI=1S/C18H29N3O/c1-15-7-4-8-16(13-15)14-21-12-5-9-17(21)18(22)19-10-6-11-20(2)3/h4,7-8,13,17H,5-6,9-12,14H2,1-3H3,(H,19,22). The van der Waals surface area contributed by atoms with Gasteiger partial charge in [0.05, 0.1) is 6.04 Å². The molecule has 0 bridgehead atoms. The summed E-state index contributed by atoms with van der Waals surface area (Å²) in [5, 5.41) is 3.10. The molecule has 1 aliphatic rings. The molecule has 1 fully saturated rings. The van der Waals surface area contributed by atoms with Gasteiger partial charge in [-0.15, -0.1) is 0 Å². The van der Waals surface area contributed by atoms with Crippen molar-refractivity contribution in [1.29, 1.82) is 0 Å². The van der Waals surface area contributed by atoms with Gasteiger partial charge < -0.3 is 10.2 Å². The Hall–Kier alpha value is -1.39. The van der Waals surface area contributed by atoms with Gasteiger partial charge in [0.1, 0.15) is 0 Å². The number of nitrogens with one attached hydrogen (secondary N) is 1. The highest BCUT2D eigenvalue weighted by molar-refractivity contribution is 5.82. The van der Waals surface area contributed by atoms with E-state index in [1.807, 2.05) is 0 Å². The molecule has 0 spiro atoms. The van der Waals surface area contributed by atoms with Crippen LogP contribution in [-0.4, -0.2) is 55.5 Å². The van der Waals surface area contributed by atoms with Gasteiger partial charge in [-0.25, -0.2) is 0 Å². The first-order valence-corrected chi connectivity index (χ1v) is 8.28. The van der Waals surface area contributed by atoms with Crippen molar-refractivity contribution in [3.05, 3.63) is 35.4 Å². The summed E-state index contributed by atoms with van der Waals surface area (Å²) in [5.41, 5.74) is 2.58. The molecule has 1 aromatic carbocycles. The molecule has 1 amide bonds. The topological polar surface area (TPSA) is 35.6 Å². The minimum atomic E-state index is 0.0415. The number of carbonyl (C=O) groups is 1. The van der Waals surface area contributed by atoms with E-state index in [2.05, 4.69) is 60.4 Å². The number of amides is 1. The van der Waals surface area contributed by atoms with Crippen molar-refractivity contribution < 1.29 is 4.79 Å². The summed E-state index contributed by atoms with van der Waals surface area (Å²) in [6.45, 7) is 5.79. The number of likely N-dealkylation sites (tertiary alicyclic amines) is 1. The third-order valence-corrected chi connectivity index (χ3v) is 4.22. The Morgan fingerprint density at radius 1 is 1.41 bits per heavy atom. The van der Waals surface area contributed by atoms with Crippen molar-refractivity contribution in [2.24, 2.45) is 0 Å². The number of carbonyl (C=O) groups excluding carboxylic acids is 1. The van der Waals surface area contributed by atoms with Gasteiger partial charge in [-0.3, -0.25) is 9.69 Å². The van der Waals surface area contributed by atoms with E-state index < -0.39 is 0 Å². The summed E-state index contributed by atoms with van der Waals surface area (Å²) in [4.78, 5) is 16.9. The summed E-state index contributed by atoms with van der Waals surface area (Å²) >= 11 is 0. The van der Waals surface area contributed by atoms with Crippen LogP contribution in [0.25, 0.3) is 0 Å². The molecule has 0 saturated carbocycles. The molecule has 4 nitrogen and oxygen atoms in total. The second-order valence-corrected chi connectivity index (χ2v) is 6.57. The van der Waals surface area contributed by atoms with Gasteiger partial charge in [-0.1, -0.05) is 29.8 Å². The zero-order valence-corrected chi connectivity index (χ0v) is 14.1. The van der Waals surface area contributed by atoms with Gasteiger partial charge >= 0.3 is 0 Å². The van der Waals surface area contributed by atoms with Gasteiger partial charge in [-0.2, -0.15) is 0 Å². The lowest BCUT2D eigenvalue weighted by Crippen LogP contribution is -2.43. The number of hydrogen-bond acceptors (Lipinski definition) is 3. The first-order chi connectivity index (χ1) is 10.6. The molecule has 1 unspecified atom stereocenters. The summed E-state index contributed by atoms with van der Waals surface area (Å²) in [6.07, 6.45) is 3.09. The molecule has 0 aliphatic carbocycles. The number of nitrogens with zero attached hydrogens (tertiary/aromatic N) is 2. The third-order valence-electron chi connectivity index (χ3n) is 4.22. The molecule has 1 aromatic rings. The van der Waals surface area contributed by atoms with Gasteiger partial charge in [0, 0.05) is 13.1 Å². The molecule has 0 radical (unpaired) electrons. The molecule has 22 heavy (non-hydrogen) atoms. The van der Waals surface area contributed by atoms with E-state index >= 15 is 0 Å². The smallest absolute Gasteiger partial charge is 0.237 e. The van der Waals surface area contributed by atoms with Crippen molar-refractivity contribution >= 4 is 5.91 Å². The molecule has 1 saturated heterocycles. The molecule has 0 aromatic heterocycles. The van der Waals surface area contributed by atoms with Crippen molar-refractivity contribution in [3.63, 3.8) is 0 Å². The largest absolute Gasteiger partial charge is 0.355 e. The fourth-order valence-corrected chi connectivity index (χ4v) is 3.08. The van der Waals surface area contributed by atoms with E-state index in [1.165, 1.54) is 11.1 Å². The molecule has 1 heterocycles. The highest BCUT2D eigenvalue weighted by atomic mass is 16.2. The fraction of sp³-hybridized carbons (Fsp3) is 0.611. The number of benzene rings is 1. The summed E-state index contributed by atoms with van der Waals surface area (Å²) in [5.74, 6) is 0.198. The van der Waals surface area contributed by atoms with Crippen LogP contribution >= 0.6 is 0 Å². The molecule has 1 N–H and O–H groups in total. The van der Waals surface area contributed by atoms with Gasteiger partial charge in [-0.05, 0) is 58.9 Å². The van der Waals surface area contributed by atoms with Crippen LogP contribution in [0.4, 0.5) is 0 Å². The van der Waals surface area contributed by atoms with E-state index in [9.17, 15) is 4.79 Å². The third kappa shape index (κ3) is 5.11. The fourth-order valence-electron chi connectivity index (χ4n) is 3.08. The zero-order chi connectivity index (χ0) is 15.9. The molecule has 4 heteroatoms. The lowest BCUT2D eigenvalue weighted by atomic mass is 10.1. The van der Waals surface area contributed by atoms with Crippen molar-refractivity contribution in [2.45, 2.75) is 38.8 Å². The van der Waals surface area contributed by atoms with Crippen molar-refractivity contribution in [2.75, 3.05) is 33.7 Å². The van der Waals surface area contributed by atoms with Gasteiger partial charge in [0.25, 0.3) is 0 Å². The Morgan fingerprint density at radius 2 is 2.23 bits per heavy atom. The van der Waals surface area contributed by atoms with Crippen LogP contribution in [0.2, 0.25) is 0 Å².